The Labute approximate surface area is 88.0 Å². The van der Waals surface area contributed by atoms with E-state index in [1.54, 1.807) is 24.3 Å². The van der Waals surface area contributed by atoms with Crippen molar-refractivity contribution >= 4 is 17.8 Å². The molecule has 0 radical (unpaired) electrons. The Kier molecular flexibility index (Phi) is 3.80. The molecule has 0 saturated heterocycles. The van der Waals surface area contributed by atoms with Gasteiger partial charge in [-0.1, -0.05) is 30.3 Å². The highest BCUT2D eigenvalue weighted by Gasteiger charge is 1.99. The van der Waals surface area contributed by atoms with Crippen molar-refractivity contribution in [1.82, 2.24) is 0 Å². The lowest BCUT2D eigenvalue weighted by molar-refractivity contribution is -0.136. The Hall–Kier alpha value is -1.90. The Morgan fingerprint density at radius 2 is 2.13 bits per heavy atom. The zero-order valence-corrected chi connectivity index (χ0v) is 8.43. The molecule has 1 N–H and O–H groups in total. The van der Waals surface area contributed by atoms with E-state index in [9.17, 15) is 9.59 Å². The number of aliphatic carboxylic acids is 1. The fourth-order valence-electron chi connectivity index (χ4n) is 1.19. The lowest BCUT2D eigenvalue weighted by Crippen LogP contribution is -1.99. The molecule has 0 aliphatic rings. The van der Waals surface area contributed by atoms with Gasteiger partial charge in [-0.15, -0.1) is 0 Å². The third-order valence-electron chi connectivity index (χ3n) is 1.82. The van der Waals surface area contributed by atoms with Gasteiger partial charge in [-0.3, -0.25) is 9.59 Å². The molecule has 0 spiro atoms. The molecular weight excluding hydrogens is 192 g/mol. The Morgan fingerprint density at radius 1 is 1.40 bits per heavy atom. The van der Waals surface area contributed by atoms with Crippen LogP contribution in [0.2, 0.25) is 0 Å². The van der Waals surface area contributed by atoms with Crippen LogP contribution in [0.3, 0.4) is 0 Å². The van der Waals surface area contributed by atoms with Crippen LogP contribution in [-0.4, -0.2) is 16.9 Å². The number of carboxylic acid groups (broad SMARTS) is 1. The zero-order chi connectivity index (χ0) is 11.3. The second-order valence-electron chi connectivity index (χ2n) is 3.26. The number of hydrogen-bond donors (Lipinski definition) is 1. The van der Waals surface area contributed by atoms with E-state index in [0.717, 1.165) is 11.1 Å². The smallest absolute Gasteiger partial charge is 0.307 e. The van der Waals surface area contributed by atoms with E-state index in [1.165, 1.54) is 13.0 Å². The van der Waals surface area contributed by atoms with Crippen LogP contribution in [0.25, 0.3) is 6.08 Å². The van der Waals surface area contributed by atoms with Gasteiger partial charge in [-0.25, -0.2) is 0 Å². The third kappa shape index (κ3) is 4.22. The van der Waals surface area contributed by atoms with Crippen molar-refractivity contribution in [2.24, 2.45) is 0 Å². The SMILES string of the molecule is CC(=O)/C=C\c1cccc(CC(=O)O)c1. The fraction of sp³-hybridized carbons (Fsp3) is 0.167. The molecule has 0 fully saturated rings. The molecule has 1 rings (SSSR count). The number of rotatable bonds is 4. The van der Waals surface area contributed by atoms with Crippen LogP contribution in [0.15, 0.2) is 30.3 Å². The average molecular weight is 204 g/mol. The standard InChI is InChI=1S/C12H12O3/c1-9(13)5-6-10-3-2-4-11(7-10)8-12(14)15/h2-7H,8H2,1H3,(H,14,15)/b6-5-. The van der Waals surface area contributed by atoms with Crippen molar-refractivity contribution in [3.63, 3.8) is 0 Å². The number of hydrogen-bond acceptors (Lipinski definition) is 2. The quantitative estimate of drug-likeness (QED) is 0.762. The van der Waals surface area contributed by atoms with E-state index in [1.807, 2.05) is 6.07 Å². The molecule has 15 heavy (non-hydrogen) atoms. The van der Waals surface area contributed by atoms with Gasteiger partial charge in [0.15, 0.2) is 5.78 Å². The minimum atomic E-state index is -0.859. The predicted molar refractivity (Wildman–Crippen MR) is 57.5 cm³/mol. The summed E-state index contributed by atoms with van der Waals surface area (Å²) in [7, 11) is 0. The van der Waals surface area contributed by atoms with Crippen LogP contribution in [0.4, 0.5) is 0 Å². The summed E-state index contributed by atoms with van der Waals surface area (Å²) in [5, 5.41) is 8.60. The maximum Gasteiger partial charge on any atom is 0.307 e. The number of allylic oxidation sites excluding steroid dienone is 1. The number of carboxylic acids is 1. The summed E-state index contributed by atoms with van der Waals surface area (Å²) in [6.45, 7) is 1.47. The van der Waals surface area contributed by atoms with Gasteiger partial charge in [0.25, 0.3) is 0 Å². The van der Waals surface area contributed by atoms with Crippen molar-refractivity contribution in [3.05, 3.63) is 41.5 Å². The topological polar surface area (TPSA) is 54.4 Å². The van der Waals surface area contributed by atoms with Crippen molar-refractivity contribution in [2.75, 3.05) is 0 Å². The first kappa shape index (κ1) is 11.2. The highest BCUT2D eigenvalue weighted by Crippen LogP contribution is 2.07. The normalized spacial score (nSPS) is 10.5. The minimum absolute atomic E-state index is 0.00174. The molecular formula is C12H12O3. The highest BCUT2D eigenvalue weighted by molar-refractivity contribution is 5.91. The van der Waals surface area contributed by atoms with Gasteiger partial charge >= 0.3 is 5.97 Å². The number of benzene rings is 1. The fourth-order valence-corrected chi connectivity index (χ4v) is 1.19. The molecule has 0 aliphatic heterocycles. The van der Waals surface area contributed by atoms with Gasteiger partial charge in [-0.05, 0) is 24.1 Å². The summed E-state index contributed by atoms with van der Waals surface area (Å²) in [6.07, 6.45) is 3.13. The predicted octanol–water partition coefficient (Wildman–Crippen LogP) is 1.92. The Balaban J connectivity index is 2.82. The minimum Gasteiger partial charge on any atom is -0.481 e. The first-order valence-electron chi connectivity index (χ1n) is 4.57. The van der Waals surface area contributed by atoms with Crippen LogP contribution < -0.4 is 0 Å². The second-order valence-corrected chi connectivity index (χ2v) is 3.26. The van der Waals surface area contributed by atoms with Gasteiger partial charge in [0, 0.05) is 0 Å². The molecule has 3 nitrogen and oxygen atoms in total. The van der Waals surface area contributed by atoms with Crippen LogP contribution in [0.1, 0.15) is 18.1 Å². The molecule has 0 aliphatic carbocycles. The summed E-state index contributed by atoms with van der Waals surface area (Å²) in [6, 6.07) is 7.11. The number of carbonyl (C=O) groups excluding carboxylic acids is 1. The molecule has 0 bridgehead atoms. The van der Waals surface area contributed by atoms with Gasteiger partial charge in [0.2, 0.25) is 0 Å². The van der Waals surface area contributed by atoms with Crippen LogP contribution in [0, 0.1) is 0 Å². The molecule has 1 aromatic rings. The van der Waals surface area contributed by atoms with E-state index in [4.69, 9.17) is 5.11 Å². The van der Waals surface area contributed by atoms with Gasteiger partial charge in [0.05, 0.1) is 6.42 Å². The summed E-state index contributed by atoms with van der Waals surface area (Å²) >= 11 is 0. The summed E-state index contributed by atoms with van der Waals surface area (Å²) in [5.74, 6) is -0.888. The largest absolute Gasteiger partial charge is 0.481 e. The summed E-state index contributed by atoms with van der Waals surface area (Å²) < 4.78 is 0. The lowest BCUT2D eigenvalue weighted by atomic mass is 10.1. The van der Waals surface area contributed by atoms with Gasteiger partial charge < -0.3 is 5.11 Å². The van der Waals surface area contributed by atoms with Crippen molar-refractivity contribution in [3.8, 4) is 0 Å². The van der Waals surface area contributed by atoms with Crippen molar-refractivity contribution in [2.45, 2.75) is 13.3 Å². The molecule has 0 amide bonds. The maximum absolute atomic E-state index is 10.7. The summed E-state index contributed by atoms with van der Waals surface area (Å²) in [5.41, 5.74) is 1.57. The van der Waals surface area contributed by atoms with E-state index in [2.05, 4.69) is 0 Å². The maximum atomic E-state index is 10.7. The van der Waals surface area contributed by atoms with E-state index in [-0.39, 0.29) is 12.2 Å². The average Bonchev–Trinajstić information content (AvgIpc) is 2.14. The molecule has 0 aromatic heterocycles. The zero-order valence-electron chi connectivity index (χ0n) is 8.43. The molecule has 3 heteroatoms. The summed E-state index contributed by atoms with van der Waals surface area (Å²) in [4.78, 5) is 21.2. The van der Waals surface area contributed by atoms with Crippen molar-refractivity contribution in [1.29, 1.82) is 0 Å². The molecule has 0 heterocycles. The van der Waals surface area contributed by atoms with Crippen molar-refractivity contribution < 1.29 is 14.7 Å². The van der Waals surface area contributed by atoms with Crippen LogP contribution in [-0.2, 0) is 16.0 Å². The molecule has 78 valence electrons. The Bertz CT molecular complexity index is 405. The third-order valence-corrected chi connectivity index (χ3v) is 1.82. The molecule has 0 saturated carbocycles. The molecule has 1 aromatic carbocycles. The van der Waals surface area contributed by atoms with Gasteiger partial charge in [-0.2, -0.15) is 0 Å². The highest BCUT2D eigenvalue weighted by atomic mass is 16.4. The second kappa shape index (κ2) is 5.10. The first-order valence-corrected chi connectivity index (χ1v) is 4.57. The monoisotopic (exact) mass is 204 g/mol. The van der Waals surface area contributed by atoms with E-state index < -0.39 is 5.97 Å². The van der Waals surface area contributed by atoms with Gasteiger partial charge in [0.1, 0.15) is 0 Å². The van der Waals surface area contributed by atoms with E-state index in [0.29, 0.717) is 0 Å². The molecule has 0 unspecified atom stereocenters. The number of ketones is 1. The van der Waals surface area contributed by atoms with Crippen LogP contribution >= 0.6 is 0 Å². The molecule has 0 atom stereocenters. The Morgan fingerprint density at radius 3 is 2.73 bits per heavy atom. The number of carbonyl (C=O) groups is 2. The first-order chi connectivity index (χ1) is 7.08. The van der Waals surface area contributed by atoms with Crippen LogP contribution in [0.5, 0.6) is 0 Å². The lowest BCUT2D eigenvalue weighted by Gasteiger charge is -1.98. The van der Waals surface area contributed by atoms with E-state index >= 15 is 0 Å².